The number of carbonyl (C=O) groups excluding carboxylic acids is 2. The van der Waals surface area contributed by atoms with Gasteiger partial charge in [-0.15, -0.1) is 0 Å². The second-order valence-electron chi connectivity index (χ2n) is 8.17. The van der Waals surface area contributed by atoms with Crippen LogP contribution in [0.15, 0.2) is 77.3 Å². The third kappa shape index (κ3) is 5.17. The minimum atomic E-state index is -0.189. The first-order chi connectivity index (χ1) is 16.9. The van der Waals surface area contributed by atoms with E-state index in [0.29, 0.717) is 46.9 Å². The third-order valence-corrected chi connectivity index (χ3v) is 5.79. The first-order valence-corrected chi connectivity index (χ1v) is 11.4. The van der Waals surface area contributed by atoms with Gasteiger partial charge in [0.2, 0.25) is 23.5 Å². The topological polar surface area (TPSA) is 97.6 Å². The third-order valence-electron chi connectivity index (χ3n) is 5.56. The lowest BCUT2D eigenvalue weighted by Gasteiger charge is -2.16. The van der Waals surface area contributed by atoms with Crippen LogP contribution in [0.25, 0.3) is 11.4 Å². The second-order valence-corrected chi connectivity index (χ2v) is 8.61. The molecule has 1 atom stereocenters. The molecule has 1 aromatic heterocycles. The molecule has 1 fully saturated rings. The zero-order valence-corrected chi connectivity index (χ0v) is 19.5. The van der Waals surface area contributed by atoms with E-state index in [1.807, 2.05) is 36.4 Å². The number of nitrogens with one attached hydrogen (secondary N) is 1. The van der Waals surface area contributed by atoms with Crippen molar-refractivity contribution < 1.29 is 18.8 Å². The largest absolute Gasteiger partial charge is 0.457 e. The molecule has 4 aromatic rings. The van der Waals surface area contributed by atoms with E-state index < -0.39 is 0 Å². The summed E-state index contributed by atoms with van der Waals surface area (Å²) in [4.78, 5) is 29.9. The Morgan fingerprint density at radius 1 is 1.09 bits per heavy atom. The van der Waals surface area contributed by atoms with Crippen LogP contribution in [0.3, 0.4) is 0 Å². The smallest absolute Gasteiger partial charge is 0.232 e. The molecular weight excluding hydrogens is 468 g/mol. The maximum Gasteiger partial charge on any atom is 0.232 e. The number of hydrogen-bond acceptors (Lipinski definition) is 6. The van der Waals surface area contributed by atoms with Crippen LogP contribution in [0, 0.1) is 0 Å². The van der Waals surface area contributed by atoms with Crippen molar-refractivity contribution in [3.63, 3.8) is 0 Å². The zero-order valence-electron chi connectivity index (χ0n) is 18.8. The Morgan fingerprint density at radius 3 is 2.49 bits per heavy atom. The van der Waals surface area contributed by atoms with Gasteiger partial charge in [0.05, 0.1) is 5.92 Å². The molecule has 0 saturated carbocycles. The molecule has 9 heteroatoms. The number of nitrogens with zero attached hydrogens (tertiary/aromatic N) is 3. The second kappa shape index (κ2) is 9.60. The number of ether oxygens (including phenoxy) is 1. The van der Waals surface area contributed by atoms with E-state index >= 15 is 0 Å². The van der Waals surface area contributed by atoms with E-state index in [4.69, 9.17) is 20.9 Å². The SMILES string of the molecule is CC(=O)Nc1ccc(Oc2ccc(-c3noc([C@H]4CC(=O)N(c5cccc(Cl)c5)C4)n3)cc2)cc1. The molecule has 2 amide bonds. The molecule has 1 N–H and O–H groups in total. The Kier molecular flexibility index (Phi) is 6.20. The van der Waals surface area contributed by atoms with Gasteiger partial charge in [0, 0.05) is 41.9 Å². The highest BCUT2D eigenvalue weighted by Crippen LogP contribution is 2.33. The van der Waals surface area contributed by atoms with Crippen LogP contribution in [-0.4, -0.2) is 28.5 Å². The minimum absolute atomic E-state index is 0.0105. The molecule has 3 aromatic carbocycles. The molecule has 0 spiro atoms. The van der Waals surface area contributed by atoms with E-state index in [1.54, 1.807) is 41.3 Å². The van der Waals surface area contributed by atoms with E-state index in [-0.39, 0.29) is 17.7 Å². The fraction of sp³-hybridized carbons (Fsp3) is 0.154. The van der Waals surface area contributed by atoms with Crippen LogP contribution in [-0.2, 0) is 9.59 Å². The van der Waals surface area contributed by atoms with Gasteiger partial charge < -0.3 is 19.5 Å². The van der Waals surface area contributed by atoms with Crippen molar-refractivity contribution in [2.24, 2.45) is 0 Å². The monoisotopic (exact) mass is 488 g/mol. The standard InChI is InChI=1S/C26H21ClN4O4/c1-16(32)28-20-7-11-23(12-8-20)34-22-9-5-17(6-10-22)25-29-26(35-30-25)18-13-24(33)31(15-18)21-4-2-3-19(27)14-21/h2-12,14,18H,13,15H2,1H3,(H,28,32)/t18-/m0/s1. The van der Waals surface area contributed by atoms with E-state index in [2.05, 4.69) is 15.5 Å². The van der Waals surface area contributed by atoms with Gasteiger partial charge >= 0.3 is 0 Å². The van der Waals surface area contributed by atoms with Gasteiger partial charge in [0.15, 0.2) is 0 Å². The number of hydrogen-bond donors (Lipinski definition) is 1. The van der Waals surface area contributed by atoms with Crippen LogP contribution in [0.2, 0.25) is 5.02 Å². The minimum Gasteiger partial charge on any atom is -0.457 e. The molecule has 0 bridgehead atoms. The average molecular weight is 489 g/mol. The summed E-state index contributed by atoms with van der Waals surface area (Å²) < 4.78 is 11.4. The summed E-state index contributed by atoms with van der Waals surface area (Å²) >= 11 is 6.07. The van der Waals surface area contributed by atoms with Gasteiger partial charge in [-0.05, 0) is 66.7 Å². The van der Waals surface area contributed by atoms with E-state index in [1.165, 1.54) is 6.92 Å². The zero-order chi connectivity index (χ0) is 24.4. The summed E-state index contributed by atoms with van der Waals surface area (Å²) in [6.07, 6.45) is 0.293. The molecular formula is C26H21ClN4O4. The van der Waals surface area contributed by atoms with Crippen molar-refractivity contribution >= 4 is 34.8 Å². The molecule has 1 saturated heterocycles. The lowest BCUT2D eigenvalue weighted by molar-refractivity contribution is -0.117. The van der Waals surface area contributed by atoms with Crippen molar-refractivity contribution in [1.82, 2.24) is 10.1 Å². The number of anilines is 2. The molecule has 0 radical (unpaired) electrons. The van der Waals surface area contributed by atoms with Gasteiger partial charge in [-0.1, -0.05) is 22.8 Å². The van der Waals surface area contributed by atoms with Gasteiger partial charge in [-0.3, -0.25) is 9.59 Å². The van der Waals surface area contributed by atoms with Crippen LogP contribution in [0.1, 0.15) is 25.2 Å². The number of aromatic nitrogens is 2. The fourth-order valence-electron chi connectivity index (χ4n) is 3.90. The number of halogens is 1. The van der Waals surface area contributed by atoms with Crippen LogP contribution in [0.5, 0.6) is 11.5 Å². The number of rotatable bonds is 6. The molecule has 0 unspecified atom stereocenters. The first-order valence-electron chi connectivity index (χ1n) is 11.0. The highest BCUT2D eigenvalue weighted by molar-refractivity contribution is 6.30. The van der Waals surface area contributed by atoms with Crippen molar-refractivity contribution in [2.45, 2.75) is 19.3 Å². The van der Waals surface area contributed by atoms with Gasteiger partial charge in [0.1, 0.15) is 11.5 Å². The number of carbonyl (C=O) groups is 2. The van der Waals surface area contributed by atoms with Crippen LogP contribution < -0.4 is 15.0 Å². The first kappa shape index (κ1) is 22.6. The summed E-state index contributed by atoms with van der Waals surface area (Å²) in [7, 11) is 0. The lowest BCUT2D eigenvalue weighted by atomic mass is 10.1. The quantitative estimate of drug-likeness (QED) is 0.376. The highest BCUT2D eigenvalue weighted by atomic mass is 35.5. The Hall–Kier alpha value is -4.17. The highest BCUT2D eigenvalue weighted by Gasteiger charge is 2.35. The Balaban J connectivity index is 1.24. The number of amides is 2. The molecule has 0 aliphatic carbocycles. The van der Waals surface area contributed by atoms with Gasteiger partial charge in [0.25, 0.3) is 0 Å². The van der Waals surface area contributed by atoms with E-state index in [9.17, 15) is 9.59 Å². The van der Waals surface area contributed by atoms with Crippen molar-refractivity contribution in [3.8, 4) is 22.9 Å². The Morgan fingerprint density at radius 2 is 1.80 bits per heavy atom. The Labute approximate surface area is 206 Å². The summed E-state index contributed by atoms with van der Waals surface area (Å²) in [5.41, 5.74) is 2.22. The molecule has 5 rings (SSSR count). The maximum absolute atomic E-state index is 12.6. The molecule has 1 aliphatic heterocycles. The molecule has 1 aliphatic rings. The summed E-state index contributed by atoms with van der Waals surface area (Å²) in [6, 6.07) is 21.6. The van der Waals surface area contributed by atoms with Gasteiger partial charge in [-0.2, -0.15) is 4.98 Å². The van der Waals surface area contributed by atoms with Crippen molar-refractivity contribution in [2.75, 3.05) is 16.8 Å². The summed E-state index contributed by atoms with van der Waals surface area (Å²) in [6.45, 7) is 1.91. The van der Waals surface area contributed by atoms with Crippen molar-refractivity contribution in [3.05, 3.63) is 83.7 Å². The molecule has 2 heterocycles. The maximum atomic E-state index is 12.6. The normalized spacial score (nSPS) is 15.3. The Bertz CT molecular complexity index is 1370. The van der Waals surface area contributed by atoms with Crippen molar-refractivity contribution in [1.29, 1.82) is 0 Å². The predicted molar refractivity (Wildman–Crippen MR) is 132 cm³/mol. The average Bonchev–Trinajstić information content (AvgIpc) is 3.48. The molecule has 176 valence electrons. The predicted octanol–water partition coefficient (Wildman–Crippen LogP) is 5.66. The lowest BCUT2D eigenvalue weighted by Crippen LogP contribution is -2.24. The van der Waals surface area contributed by atoms with E-state index in [0.717, 1.165) is 11.3 Å². The number of benzene rings is 3. The molecule has 35 heavy (non-hydrogen) atoms. The summed E-state index contributed by atoms with van der Waals surface area (Å²) in [5.74, 6) is 1.83. The van der Waals surface area contributed by atoms with Crippen LogP contribution in [0.4, 0.5) is 11.4 Å². The van der Waals surface area contributed by atoms with Gasteiger partial charge in [-0.25, -0.2) is 0 Å². The summed E-state index contributed by atoms with van der Waals surface area (Å²) in [5, 5.41) is 7.39. The molecule has 8 nitrogen and oxygen atoms in total. The van der Waals surface area contributed by atoms with Crippen LogP contribution >= 0.6 is 11.6 Å². The fourth-order valence-corrected chi connectivity index (χ4v) is 4.09.